The van der Waals surface area contributed by atoms with Crippen molar-refractivity contribution in [3.63, 3.8) is 0 Å². The summed E-state index contributed by atoms with van der Waals surface area (Å²) in [5, 5.41) is 18.1. The molecule has 6 atom stereocenters. The zero-order valence-corrected chi connectivity index (χ0v) is 24.5. The number of anilines is 1. The third-order valence-electron chi connectivity index (χ3n) is 9.65. The van der Waals surface area contributed by atoms with Crippen molar-refractivity contribution in [2.75, 3.05) is 24.7 Å². The first kappa shape index (κ1) is 30.0. The molecule has 2 saturated heterocycles. The van der Waals surface area contributed by atoms with Gasteiger partial charge in [-0.2, -0.15) is 0 Å². The first-order valence-corrected chi connectivity index (χ1v) is 14.8. The molecule has 3 fully saturated rings. The van der Waals surface area contributed by atoms with E-state index >= 15 is 0 Å². The number of amides is 4. The van der Waals surface area contributed by atoms with Gasteiger partial charge in [0, 0.05) is 12.5 Å². The van der Waals surface area contributed by atoms with Gasteiger partial charge >= 0.3 is 5.97 Å². The molecule has 2 aromatic rings. The number of allylic oxidation sites excluding steroid dienone is 2. The molecule has 2 aliphatic heterocycles. The number of nitrogens with zero attached hydrogens (tertiary/aromatic N) is 2. The number of aliphatic hydroxyl groups excluding tert-OH is 1. The molecular weight excluding hydrogens is 595 g/mol. The van der Waals surface area contributed by atoms with E-state index in [0.29, 0.717) is 11.3 Å². The normalized spacial score (nSPS) is 29.4. The van der Waals surface area contributed by atoms with Crippen LogP contribution in [0.15, 0.2) is 54.1 Å². The van der Waals surface area contributed by atoms with Gasteiger partial charge in [-0.1, -0.05) is 35.4 Å². The fourth-order valence-corrected chi connectivity index (χ4v) is 7.85. The highest BCUT2D eigenvalue weighted by molar-refractivity contribution is 6.31. The molecule has 2 N–H and O–H groups in total. The van der Waals surface area contributed by atoms with Crippen molar-refractivity contribution in [1.82, 2.24) is 4.90 Å². The number of carboxylic acid groups (broad SMARTS) is 1. The number of carbonyl (C=O) groups is 5. The minimum absolute atomic E-state index is 0.0928. The Labute approximate surface area is 257 Å². The lowest BCUT2D eigenvalue weighted by Crippen LogP contribution is -2.48. The van der Waals surface area contributed by atoms with E-state index in [4.69, 9.17) is 21.4 Å². The van der Waals surface area contributed by atoms with E-state index < -0.39 is 70.4 Å². The Bertz CT molecular complexity index is 1610. The average Bonchev–Trinajstić information content (AvgIpc) is 3.36. The van der Waals surface area contributed by atoms with Crippen LogP contribution in [0.2, 0.25) is 5.02 Å². The number of imide groups is 2. The molecule has 10 nitrogen and oxygen atoms in total. The number of benzene rings is 2. The van der Waals surface area contributed by atoms with Crippen LogP contribution in [0.1, 0.15) is 37.7 Å². The molecule has 0 radical (unpaired) electrons. The number of fused-ring (bicyclic) bond motifs is 4. The summed E-state index contributed by atoms with van der Waals surface area (Å²) in [6.45, 7) is 1.42. The Kier molecular flexibility index (Phi) is 7.57. The molecule has 1 saturated carbocycles. The summed E-state index contributed by atoms with van der Waals surface area (Å²) in [6.07, 6.45) is 1.88. The third kappa shape index (κ3) is 4.52. The molecule has 2 aliphatic carbocycles. The first-order valence-electron chi connectivity index (χ1n) is 14.4. The van der Waals surface area contributed by atoms with Crippen LogP contribution in [-0.4, -0.2) is 64.5 Å². The summed E-state index contributed by atoms with van der Waals surface area (Å²) >= 11 is 6.03. The van der Waals surface area contributed by atoms with Gasteiger partial charge in [-0.05, 0) is 61.6 Å². The summed E-state index contributed by atoms with van der Waals surface area (Å²) in [6, 6.07) is 10.6. The molecule has 6 rings (SSSR count). The Morgan fingerprint density at radius 3 is 2.45 bits per heavy atom. The SMILES string of the molecule is CC12C(=O)N(c3ccc(F)c(Cl)c3)C(=O)C1CC1C(=CCC3C(=O)N(CCC(=O)O)C(=O)C31)C2c1ccc(OCCO)cc1. The van der Waals surface area contributed by atoms with Crippen LogP contribution < -0.4 is 9.64 Å². The van der Waals surface area contributed by atoms with E-state index in [1.165, 1.54) is 12.1 Å². The molecule has 0 bridgehead atoms. The quantitative estimate of drug-likeness (QED) is 0.336. The Morgan fingerprint density at radius 1 is 1.07 bits per heavy atom. The third-order valence-corrected chi connectivity index (χ3v) is 9.94. The molecule has 2 aromatic carbocycles. The largest absolute Gasteiger partial charge is 0.491 e. The number of aliphatic hydroxyl groups is 1. The number of hydrogen-bond donors (Lipinski definition) is 2. The molecule has 4 amide bonds. The summed E-state index contributed by atoms with van der Waals surface area (Å²) in [4.78, 5) is 68.8. The lowest BCUT2D eigenvalue weighted by molar-refractivity contribution is -0.142. The standard InChI is InChI=1S/C32H30ClFN2O8/c1-32-22(29(41)36(31(32)43)17-4-9-24(34)23(33)14-17)15-21-19(27(32)16-2-5-18(6-3-16)44-13-12-37)7-8-20-26(21)30(42)35(28(20)40)11-10-25(38)39/h2-7,9,14,20-22,26-27,37H,8,10-13,15H2,1H3,(H,38,39). The van der Waals surface area contributed by atoms with Crippen molar-refractivity contribution in [3.05, 3.63) is 70.5 Å². The van der Waals surface area contributed by atoms with Gasteiger partial charge in [0.15, 0.2) is 0 Å². The predicted octanol–water partition coefficient (Wildman–Crippen LogP) is 3.56. The second-order valence-electron chi connectivity index (χ2n) is 11.9. The summed E-state index contributed by atoms with van der Waals surface area (Å²) in [5.74, 6) is -6.80. The van der Waals surface area contributed by atoms with Gasteiger partial charge in [-0.15, -0.1) is 0 Å². The highest BCUT2D eigenvalue weighted by Gasteiger charge is 2.67. The van der Waals surface area contributed by atoms with Crippen molar-refractivity contribution >= 4 is 46.9 Å². The Balaban J connectivity index is 1.45. The van der Waals surface area contributed by atoms with Crippen LogP contribution in [0, 0.1) is 34.9 Å². The number of rotatable bonds is 8. The minimum Gasteiger partial charge on any atom is -0.491 e. The fraction of sp³-hybridized carbons (Fsp3) is 0.406. The van der Waals surface area contributed by atoms with Gasteiger partial charge in [-0.3, -0.25) is 28.9 Å². The predicted molar refractivity (Wildman–Crippen MR) is 154 cm³/mol. The smallest absolute Gasteiger partial charge is 0.305 e. The highest BCUT2D eigenvalue weighted by atomic mass is 35.5. The average molecular weight is 625 g/mol. The molecule has 12 heteroatoms. The minimum atomic E-state index is -1.30. The van der Waals surface area contributed by atoms with Gasteiger partial charge in [0.2, 0.25) is 23.6 Å². The summed E-state index contributed by atoms with van der Waals surface area (Å²) < 4.78 is 19.5. The lowest BCUT2D eigenvalue weighted by atomic mass is 9.51. The van der Waals surface area contributed by atoms with E-state index in [1.807, 2.05) is 6.08 Å². The molecule has 2 heterocycles. The van der Waals surface area contributed by atoms with Gasteiger partial charge in [0.05, 0.1) is 46.9 Å². The van der Waals surface area contributed by atoms with E-state index in [2.05, 4.69) is 0 Å². The van der Waals surface area contributed by atoms with E-state index in [1.54, 1.807) is 31.2 Å². The maximum Gasteiger partial charge on any atom is 0.305 e. The van der Waals surface area contributed by atoms with E-state index in [9.17, 15) is 33.5 Å². The maximum absolute atomic E-state index is 14.4. The molecule has 0 aromatic heterocycles. The van der Waals surface area contributed by atoms with Gasteiger partial charge in [0.25, 0.3) is 0 Å². The summed E-state index contributed by atoms with van der Waals surface area (Å²) in [5.41, 5.74) is 0.309. The summed E-state index contributed by atoms with van der Waals surface area (Å²) in [7, 11) is 0. The molecule has 44 heavy (non-hydrogen) atoms. The van der Waals surface area contributed by atoms with Crippen molar-refractivity contribution in [2.24, 2.45) is 29.1 Å². The van der Waals surface area contributed by atoms with Crippen molar-refractivity contribution < 1.29 is 43.3 Å². The molecule has 4 aliphatic rings. The molecular formula is C32H30ClFN2O8. The zero-order valence-electron chi connectivity index (χ0n) is 23.7. The van der Waals surface area contributed by atoms with Crippen molar-refractivity contribution in [2.45, 2.75) is 32.1 Å². The van der Waals surface area contributed by atoms with Crippen LogP contribution in [0.4, 0.5) is 10.1 Å². The van der Waals surface area contributed by atoms with Crippen molar-refractivity contribution in [3.8, 4) is 5.75 Å². The van der Waals surface area contributed by atoms with Crippen LogP contribution >= 0.6 is 11.6 Å². The highest BCUT2D eigenvalue weighted by Crippen LogP contribution is 2.63. The van der Waals surface area contributed by atoms with Gasteiger partial charge in [0.1, 0.15) is 18.2 Å². The fourth-order valence-electron chi connectivity index (χ4n) is 7.68. The Hall–Kier alpha value is -4.09. The Morgan fingerprint density at radius 2 is 1.80 bits per heavy atom. The molecule has 0 spiro atoms. The van der Waals surface area contributed by atoms with Gasteiger partial charge in [-0.25, -0.2) is 9.29 Å². The number of aliphatic carboxylic acids is 1. The first-order chi connectivity index (χ1) is 21.0. The monoisotopic (exact) mass is 624 g/mol. The lowest BCUT2D eigenvalue weighted by Gasteiger charge is -2.49. The molecule has 6 unspecified atom stereocenters. The molecule has 230 valence electrons. The topological polar surface area (TPSA) is 142 Å². The van der Waals surface area contributed by atoms with Gasteiger partial charge < -0.3 is 14.9 Å². The number of ether oxygens (including phenoxy) is 1. The number of carbonyl (C=O) groups excluding carboxylic acids is 4. The number of hydrogen-bond acceptors (Lipinski definition) is 7. The van der Waals surface area contributed by atoms with E-state index in [-0.39, 0.29) is 49.7 Å². The van der Waals surface area contributed by atoms with Crippen LogP contribution in [0.25, 0.3) is 0 Å². The number of carboxylic acids is 1. The number of likely N-dealkylation sites (tertiary alicyclic amines) is 1. The maximum atomic E-state index is 14.4. The van der Waals surface area contributed by atoms with Crippen LogP contribution in [0.3, 0.4) is 0 Å². The van der Waals surface area contributed by atoms with Crippen LogP contribution in [-0.2, 0) is 24.0 Å². The van der Waals surface area contributed by atoms with Crippen molar-refractivity contribution in [1.29, 1.82) is 0 Å². The number of halogens is 2. The van der Waals surface area contributed by atoms with E-state index in [0.717, 1.165) is 21.4 Å². The second kappa shape index (κ2) is 11.1. The zero-order chi connectivity index (χ0) is 31.5. The second-order valence-corrected chi connectivity index (χ2v) is 12.3. The van der Waals surface area contributed by atoms with Crippen LogP contribution in [0.5, 0.6) is 5.75 Å².